The fraction of sp³-hybridized carbons (Fsp3) is 0.333. The van der Waals surface area contributed by atoms with Crippen molar-refractivity contribution in [1.82, 2.24) is 0 Å². The monoisotopic (exact) mass is 262 g/mol. The van der Waals surface area contributed by atoms with Crippen LogP contribution in [0.25, 0.3) is 0 Å². The Hall–Kier alpha value is -0.820. The molecule has 0 radical (unpaired) electrons. The Bertz CT molecular complexity index is 382. The molecule has 0 aliphatic carbocycles. The molecule has 1 aromatic carbocycles. The first-order valence-corrected chi connectivity index (χ1v) is 6.41. The van der Waals surface area contributed by atoms with Gasteiger partial charge in [-0.2, -0.15) is 0 Å². The lowest BCUT2D eigenvalue weighted by atomic mass is 10.1. The van der Waals surface area contributed by atoms with E-state index in [4.69, 9.17) is 0 Å². The van der Waals surface area contributed by atoms with Gasteiger partial charge in [-0.05, 0) is 24.1 Å². The Kier molecular flexibility index (Phi) is 2.57. The number of hydrogen-bond acceptors (Lipinski definition) is 1. The Balaban J connectivity index is 3.16. The van der Waals surface area contributed by atoms with Gasteiger partial charge in [0.25, 0.3) is 0 Å². The molecule has 0 saturated heterocycles. The van der Waals surface area contributed by atoms with Crippen LogP contribution in [0.5, 0.6) is 0 Å². The lowest BCUT2D eigenvalue weighted by molar-refractivity contribution is 0.173. The molecular formula is C9H11F5OS. The Morgan fingerprint density at radius 1 is 1.06 bits per heavy atom. The first-order valence-electron chi connectivity index (χ1n) is 4.46. The average molecular weight is 262 g/mol. The van der Waals surface area contributed by atoms with Crippen molar-refractivity contribution >= 4 is 10.2 Å². The van der Waals surface area contributed by atoms with Crippen LogP contribution in [-0.4, -0.2) is 5.11 Å². The quantitative estimate of drug-likeness (QED) is 0.777. The maximum atomic E-state index is 12.3. The molecule has 0 spiro atoms. The van der Waals surface area contributed by atoms with Crippen molar-refractivity contribution in [3.63, 3.8) is 0 Å². The highest BCUT2D eigenvalue weighted by atomic mass is 32.5. The van der Waals surface area contributed by atoms with E-state index in [1.165, 1.54) is 0 Å². The molecule has 0 bridgehead atoms. The molecule has 0 heterocycles. The van der Waals surface area contributed by atoms with Gasteiger partial charge in [-0.15, -0.1) is 0 Å². The van der Waals surface area contributed by atoms with E-state index in [2.05, 4.69) is 0 Å². The van der Waals surface area contributed by atoms with E-state index in [9.17, 15) is 24.5 Å². The smallest absolute Gasteiger partial charge is 0.310 e. The van der Waals surface area contributed by atoms with Gasteiger partial charge < -0.3 is 5.11 Å². The average Bonchev–Trinajstić information content (AvgIpc) is 2.13. The largest absolute Gasteiger partial charge is 0.388 e. The van der Waals surface area contributed by atoms with Gasteiger partial charge in [0.1, 0.15) is 4.90 Å². The summed E-state index contributed by atoms with van der Waals surface area (Å²) in [5, 5.41) is 9.29. The van der Waals surface area contributed by atoms with Crippen molar-refractivity contribution in [2.24, 2.45) is 0 Å². The summed E-state index contributed by atoms with van der Waals surface area (Å²) in [4.78, 5) is -1.94. The van der Waals surface area contributed by atoms with Crippen LogP contribution in [0.4, 0.5) is 19.4 Å². The molecule has 16 heavy (non-hydrogen) atoms. The molecule has 1 rings (SSSR count). The van der Waals surface area contributed by atoms with Gasteiger partial charge in [-0.3, -0.25) is 0 Å². The maximum absolute atomic E-state index is 12.3. The second-order valence-corrected chi connectivity index (χ2v) is 5.87. The lowest BCUT2D eigenvalue weighted by Crippen LogP contribution is -2.06. The summed E-state index contributed by atoms with van der Waals surface area (Å²) in [6.07, 6.45) is -0.636. The van der Waals surface area contributed by atoms with Crippen molar-refractivity contribution in [1.29, 1.82) is 0 Å². The topological polar surface area (TPSA) is 20.2 Å². The third-order valence-electron chi connectivity index (χ3n) is 2.10. The molecule has 1 N–H and O–H groups in total. The van der Waals surface area contributed by atoms with Gasteiger partial charge in [0.05, 0.1) is 6.10 Å². The van der Waals surface area contributed by atoms with Crippen molar-refractivity contribution in [2.45, 2.75) is 24.3 Å². The van der Waals surface area contributed by atoms with Crippen LogP contribution in [0.3, 0.4) is 0 Å². The number of aliphatic hydroxyl groups is 1. The van der Waals surface area contributed by atoms with Crippen LogP contribution in [0.2, 0.25) is 0 Å². The molecule has 7 heteroatoms. The number of halogens is 5. The fourth-order valence-electron chi connectivity index (χ4n) is 1.18. The second kappa shape index (κ2) is 3.10. The zero-order chi connectivity index (χ0) is 12.7. The Morgan fingerprint density at radius 2 is 1.50 bits per heavy atom. The molecule has 0 aromatic heterocycles. The number of rotatable bonds is 3. The first-order chi connectivity index (χ1) is 6.94. The fourth-order valence-corrected chi connectivity index (χ4v) is 1.83. The summed E-state index contributed by atoms with van der Waals surface area (Å²) in [6, 6.07) is 2.33. The summed E-state index contributed by atoms with van der Waals surface area (Å²) < 4.78 is 61.5. The Labute approximate surface area is 89.6 Å². The molecule has 1 nitrogen and oxygen atoms in total. The van der Waals surface area contributed by atoms with Gasteiger partial charge >= 0.3 is 10.2 Å². The predicted molar refractivity (Wildman–Crippen MR) is 53.1 cm³/mol. The third kappa shape index (κ3) is 3.08. The summed E-state index contributed by atoms with van der Waals surface area (Å²) in [7, 11) is -9.58. The maximum Gasteiger partial charge on any atom is 0.310 e. The lowest BCUT2D eigenvalue weighted by Gasteiger charge is -2.40. The van der Waals surface area contributed by atoms with E-state index >= 15 is 0 Å². The molecule has 0 fully saturated rings. The highest BCUT2D eigenvalue weighted by Gasteiger charge is 2.65. The van der Waals surface area contributed by atoms with Crippen molar-refractivity contribution in [2.75, 3.05) is 0 Å². The predicted octanol–water partition coefficient (Wildman–Crippen LogP) is 4.79. The van der Waals surface area contributed by atoms with Gasteiger partial charge in [-0.25, -0.2) is 0 Å². The number of benzene rings is 1. The summed E-state index contributed by atoms with van der Waals surface area (Å²) in [5.74, 6) is 0. The van der Waals surface area contributed by atoms with E-state index in [0.717, 1.165) is 12.1 Å². The molecule has 0 aliphatic heterocycles. The third-order valence-corrected chi connectivity index (χ3v) is 3.26. The van der Waals surface area contributed by atoms with Crippen molar-refractivity contribution in [3.8, 4) is 0 Å². The van der Waals surface area contributed by atoms with E-state index < -0.39 is 21.2 Å². The molecule has 1 unspecified atom stereocenters. The van der Waals surface area contributed by atoms with Gasteiger partial charge in [0.15, 0.2) is 0 Å². The van der Waals surface area contributed by atoms with E-state index in [1.807, 2.05) is 0 Å². The molecule has 0 amide bonds. The molecule has 1 aromatic rings. The highest BCUT2D eigenvalue weighted by molar-refractivity contribution is 8.45. The number of hydrogen-bond donors (Lipinski definition) is 1. The zero-order valence-electron chi connectivity index (χ0n) is 8.34. The van der Waals surface area contributed by atoms with Gasteiger partial charge in [0, 0.05) is 0 Å². The van der Waals surface area contributed by atoms with Gasteiger partial charge in [0.2, 0.25) is 0 Å². The molecule has 0 aliphatic rings. The molecule has 0 saturated carbocycles. The standard InChI is InChI=1S/C9H11F5OS/c1-2-9(15)7-3-5-8(6-4-7)16(10,11,12,13)14/h3-6,9,15H,2H2,1H3. The summed E-state index contributed by atoms with van der Waals surface area (Å²) in [6.45, 7) is 1.63. The SMILES string of the molecule is CCC(O)c1ccc(S(F)(F)(F)(F)F)cc1. The first kappa shape index (κ1) is 13.2. The zero-order valence-corrected chi connectivity index (χ0v) is 9.16. The van der Waals surface area contributed by atoms with Gasteiger partial charge in [-0.1, -0.05) is 38.5 Å². The van der Waals surface area contributed by atoms with Crippen LogP contribution in [-0.2, 0) is 0 Å². The van der Waals surface area contributed by atoms with Crippen molar-refractivity contribution < 1.29 is 24.5 Å². The minimum absolute atomic E-state index is 0.188. The molecule has 1 atom stereocenters. The van der Waals surface area contributed by atoms with E-state index in [1.54, 1.807) is 6.92 Å². The molecule has 94 valence electrons. The van der Waals surface area contributed by atoms with Crippen LogP contribution < -0.4 is 0 Å². The minimum Gasteiger partial charge on any atom is -0.388 e. The van der Waals surface area contributed by atoms with Crippen LogP contribution >= 0.6 is 10.2 Å². The second-order valence-electron chi connectivity index (χ2n) is 3.46. The number of aliphatic hydroxyl groups excluding tert-OH is 1. The van der Waals surface area contributed by atoms with E-state index in [-0.39, 0.29) is 5.56 Å². The van der Waals surface area contributed by atoms with E-state index in [0.29, 0.717) is 18.6 Å². The Morgan fingerprint density at radius 3 is 1.81 bits per heavy atom. The van der Waals surface area contributed by atoms with Crippen molar-refractivity contribution in [3.05, 3.63) is 29.8 Å². The van der Waals surface area contributed by atoms with Crippen LogP contribution in [0.15, 0.2) is 29.2 Å². The molecular weight excluding hydrogens is 251 g/mol. The highest BCUT2D eigenvalue weighted by Crippen LogP contribution is 3.02. The van der Waals surface area contributed by atoms with Crippen LogP contribution in [0, 0.1) is 0 Å². The normalized spacial score (nSPS) is 18.7. The minimum atomic E-state index is -9.58. The van der Waals surface area contributed by atoms with Crippen LogP contribution in [0.1, 0.15) is 25.0 Å². The summed E-state index contributed by atoms with van der Waals surface area (Å²) in [5.41, 5.74) is 0.188. The summed E-state index contributed by atoms with van der Waals surface area (Å²) >= 11 is 0.